The summed E-state index contributed by atoms with van der Waals surface area (Å²) in [5.74, 6) is -0.147. The smallest absolute Gasteiger partial charge is 0.139 e. The van der Waals surface area contributed by atoms with Crippen LogP contribution in [0.4, 0.5) is 10.1 Å². The first-order valence-electron chi connectivity index (χ1n) is 7.05. The minimum atomic E-state index is -0.234. The Morgan fingerprint density at radius 2 is 1.76 bits per heavy atom. The maximum Gasteiger partial charge on any atom is 0.139 e. The molecule has 2 rings (SSSR count). The minimum absolute atomic E-state index is 0.0864. The van der Waals surface area contributed by atoms with E-state index in [1.165, 1.54) is 12.1 Å². The van der Waals surface area contributed by atoms with Crippen LogP contribution < -0.4 is 5.73 Å². The molecule has 0 atom stereocenters. The summed E-state index contributed by atoms with van der Waals surface area (Å²) in [6, 6.07) is 11.6. The van der Waals surface area contributed by atoms with E-state index >= 15 is 0 Å². The molecule has 0 bridgehead atoms. The van der Waals surface area contributed by atoms with Crippen LogP contribution in [-0.4, -0.2) is 5.11 Å². The molecule has 0 fully saturated rings. The predicted molar refractivity (Wildman–Crippen MR) is 87.6 cm³/mol. The third kappa shape index (κ3) is 4.95. The van der Waals surface area contributed by atoms with Crippen LogP contribution in [0.5, 0.6) is 5.75 Å². The first-order valence-corrected chi connectivity index (χ1v) is 7.05. The van der Waals surface area contributed by atoms with Gasteiger partial charge in [-0.2, -0.15) is 0 Å². The Morgan fingerprint density at radius 3 is 2.38 bits per heavy atom. The number of aromatic hydroxyl groups is 1. The average molecular weight is 287 g/mol. The summed E-state index contributed by atoms with van der Waals surface area (Å²) in [6.45, 7) is 5.98. The largest absolute Gasteiger partial charge is 0.506 e. The van der Waals surface area contributed by atoms with Crippen molar-refractivity contribution in [3.05, 3.63) is 65.0 Å². The van der Waals surface area contributed by atoms with Crippen LogP contribution >= 0.6 is 0 Å². The Balaban J connectivity index is 0.00000106. The minimum Gasteiger partial charge on any atom is -0.506 e. The second-order valence-electron chi connectivity index (χ2n) is 4.57. The predicted octanol–water partition coefficient (Wildman–Crippen LogP) is 4.79. The summed E-state index contributed by atoms with van der Waals surface area (Å²) in [7, 11) is 0. The molecule has 2 aromatic carbocycles. The van der Waals surface area contributed by atoms with Crippen LogP contribution in [0, 0.1) is 5.82 Å². The van der Waals surface area contributed by atoms with Gasteiger partial charge in [0, 0.05) is 5.56 Å². The molecule has 112 valence electrons. The van der Waals surface area contributed by atoms with Crippen molar-refractivity contribution < 1.29 is 9.50 Å². The van der Waals surface area contributed by atoms with Crippen molar-refractivity contribution >= 4 is 11.8 Å². The Hall–Kier alpha value is -2.29. The van der Waals surface area contributed by atoms with Gasteiger partial charge in [0.15, 0.2) is 0 Å². The first kappa shape index (κ1) is 16.8. The van der Waals surface area contributed by atoms with Crippen molar-refractivity contribution in [2.45, 2.75) is 27.2 Å². The van der Waals surface area contributed by atoms with Gasteiger partial charge in [-0.3, -0.25) is 0 Å². The molecular formula is C18H22FNO. The zero-order valence-corrected chi connectivity index (χ0v) is 12.7. The van der Waals surface area contributed by atoms with Gasteiger partial charge in [-0.05, 0) is 37.1 Å². The lowest BCUT2D eigenvalue weighted by Gasteiger charge is -2.06. The number of phenolic OH excluding ortho intramolecular Hbond substituents is 1. The van der Waals surface area contributed by atoms with E-state index in [1.54, 1.807) is 24.3 Å². The molecule has 3 N–H and O–H groups in total. The van der Waals surface area contributed by atoms with Crippen molar-refractivity contribution in [3.8, 4) is 5.75 Å². The Labute approximate surface area is 125 Å². The number of benzene rings is 2. The number of hydrogen-bond acceptors (Lipinski definition) is 2. The summed E-state index contributed by atoms with van der Waals surface area (Å²) < 4.78 is 12.8. The SMILES string of the molecule is C/C(=C\c1cccc(O)c1N)Cc1ccc(F)cc1.CC. The van der Waals surface area contributed by atoms with Gasteiger partial charge in [-0.15, -0.1) is 0 Å². The number of para-hydroxylation sites is 1. The highest BCUT2D eigenvalue weighted by Gasteiger charge is 2.02. The van der Waals surface area contributed by atoms with E-state index in [4.69, 9.17) is 5.73 Å². The number of allylic oxidation sites excluding steroid dienone is 1. The average Bonchev–Trinajstić information content (AvgIpc) is 2.48. The molecule has 0 aromatic heterocycles. The molecule has 0 saturated carbocycles. The third-order valence-electron chi connectivity index (χ3n) is 2.91. The zero-order chi connectivity index (χ0) is 15.8. The molecular weight excluding hydrogens is 265 g/mol. The molecule has 0 radical (unpaired) electrons. The molecule has 0 saturated heterocycles. The molecule has 3 heteroatoms. The number of nitrogen functional groups attached to an aromatic ring is 1. The van der Waals surface area contributed by atoms with E-state index in [0.717, 1.165) is 23.1 Å². The van der Waals surface area contributed by atoms with E-state index in [0.29, 0.717) is 5.69 Å². The second kappa shape index (κ2) is 8.10. The van der Waals surface area contributed by atoms with Crippen LogP contribution in [-0.2, 0) is 6.42 Å². The summed E-state index contributed by atoms with van der Waals surface area (Å²) in [4.78, 5) is 0. The second-order valence-corrected chi connectivity index (χ2v) is 4.57. The van der Waals surface area contributed by atoms with Crippen molar-refractivity contribution in [2.24, 2.45) is 0 Å². The fourth-order valence-corrected chi connectivity index (χ4v) is 1.94. The lowest BCUT2D eigenvalue weighted by atomic mass is 10.0. The molecule has 0 aliphatic carbocycles. The van der Waals surface area contributed by atoms with Crippen LogP contribution in [0.1, 0.15) is 31.9 Å². The monoisotopic (exact) mass is 287 g/mol. The molecule has 2 aromatic rings. The fourth-order valence-electron chi connectivity index (χ4n) is 1.94. The van der Waals surface area contributed by atoms with Gasteiger partial charge in [0.25, 0.3) is 0 Å². The van der Waals surface area contributed by atoms with E-state index in [9.17, 15) is 9.50 Å². The number of anilines is 1. The number of hydrogen-bond donors (Lipinski definition) is 2. The van der Waals surface area contributed by atoms with Gasteiger partial charge in [0.05, 0.1) is 5.69 Å². The number of rotatable bonds is 3. The quantitative estimate of drug-likeness (QED) is 0.630. The topological polar surface area (TPSA) is 46.2 Å². The highest BCUT2D eigenvalue weighted by Crippen LogP contribution is 2.25. The van der Waals surface area contributed by atoms with Crippen molar-refractivity contribution in [2.75, 3.05) is 5.73 Å². The zero-order valence-electron chi connectivity index (χ0n) is 12.7. The van der Waals surface area contributed by atoms with Gasteiger partial charge >= 0.3 is 0 Å². The van der Waals surface area contributed by atoms with E-state index in [1.807, 2.05) is 32.9 Å². The molecule has 0 heterocycles. The van der Waals surface area contributed by atoms with Gasteiger partial charge in [-0.1, -0.05) is 49.8 Å². The lowest BCUT2D eigenvalue weighted by molar-refractivity contribution is 0.478. The van der Waals surface area contributed by atoms with Crippen molar-refractivity contribution in [3.63, 3.8) is 0 Å². The van der Waals surface area contributed by atoms with Crippen LogP contribution in [0.25, 0.3) is 6.08 Å². The van der Waals surface area contributed by atoms with Crippen molar-refractivity contribution in [1.29, 1.82) is 0 Å². The van der Waals surface area contributed by atoms with Crippen molar-refractivity contribution in [1.82, 2.24) is 0 Å². The van der Waals surface area contributed by atoms with E-state index in [-0.39, 0.29) is 11.6 Å². The van der Waals surface area contributed by atoms with Crippen LogP contribution in [0.3, 0.4) is 0 Å². The molecule has 0 aliphatic heterocycles. The fraction of sp³-hybridized carbons (Fsp3) is 0.222. The molecule has 0 unspecified atom stereocenters. The van der Waals surface area contributed by atoms with Crippen LogP contribution in [0.15, 0.2) is 48.0 Å². The third-order valence-corrected chi connectivity index (χ3v) is 2.91. The number of halogens is 1. The summed E-state index contributed by atoms with van der Waals surface area (Å²) in [5.41, 5.74) is 9.09. The Kier molecular flexibility index (Phi) is 6.47. The molecule has 0 amide bonds. The first-order chi connectivity index (χ1) is 10.1. The normalized spacial score (nSPS) is 10.8. The maximum absolute atomic E-state index is 12.8. The van der Waals surface area contributed by atoms with Gasteiger partial charge in [0.2, 0.25) is 0 Å². The Morgan fingerprint density at radius 1 is 1.14 bits per heavy atom. The van der Waals surface area contributed by atoms with E-state index < -0.39 is 0 Å². The number of phenols is 1. The molecule has 0 spiro atoms. The maximum atomic E-state index is 12.8. The number of nitrogens with two attached hydrogens (primary N) is 1. The summed E-state index contributed by atoms with van der Waals surface area (Å²) >= 11 is 0. The Bertz CT molecular complexity index is 603. The van der Waals surface area contributed by atoms with Gasteiger partial charge < -0.3 is 10.8 Å². The van der Waals surface area contributed by atoms with E-state index in [2.05, 4.69) is 0 Å². The summed E-state index contributed by atoms with van der Waals surface area (Å²) in [5, 5.41) is 9.54. The highest BCUT2D eigenvalue weighted by molar-refractivity contribution is 5.71. The molecule has 2 nitrogen and oxygen atoms in total. The van der Waals surface area contributed by atoms with Crippen LogP contribution in [0.2, 0.25) is 0 Å². The molecule has 0 aliphatic rings. The molecule has 21 heavy (non-hydrogen) atoms. The lowest BCUT2D eigenvalue weighted by Crippen LogP contribution is -1.92. The highest BCUT2D eigenvalue weighted by atomic mass is 19.1. The van der Waals surface area contributed by atoms with Gasteiger partial charge in [0.1, 0.15) is 11.6 Å². The standard InChI is InChI=1S/C16H16FNO.C2H6/c1-11(9-12-5-7-14(17)8-6-12)10-13-3-2-4-15(19)16(13)18;1-2/h2-8,10,19H,9,18H2,1H3;1-2H3/b11-10+;. The van der Waals surface area contributed by atoms with Gasteiger partial charge in [-0.25, -0.2) is 4.39 Å². The summed E-state index contributed by atoms with van der Waals surface area (Å²) in [6.07, 6.45) is 2.65.